The smallest absolute Gasteiger partial charge is 0.0302 e. The fraction of sp³-hybridized carbons (Fsp3) is 0.636. The molecule has 0 aliphatic heterocycles. The van der Waals surface area contributed by atoms with E-state index >= 15 is 0 Å². The van der Waals surface area contributed by atoms with Gasteiger partial charge in [-0.15, -0.1) is 11.3 Å². The van der Waals surface area contributed by atoms with Crippen molar-refractivity contribution in [2.24, 2.45) is 5.41 Å². The summed E-state index contributed by atoms with van der Waals surface area (Å²) in [6.07, 6.45) is 2.64. The molecule has 0 amide bonds. The SMILES string of the molecule is CC1(C)CC(NCc2cc(Br)cs2)C1. The second-order valence-corrected chi connectivity index (χ2v) is 6.79. The largest absolute Gasteiger partial charge is 0.309 e. The standard InChI is InChI=1S/C11H16BrNS/c1-11(2)4-9(5-11)13-6-10-3-8(12)7-14-10/h3,7,9,13H,4-6H2,1-2H3. The summed E-state index contributed by atoms with van der Waals surface area (Å²) in [5.41, 5.74) is 0.577. The first-order valence-corrected chi connectivity index (χ1v) is 6.69. The van der Waals surface area contributed by atoms with Crippen molar-refractivity contribution in [3.8, 4) is 0 Å². The van der Waals surface area contributed by atoms with E-state index in [0.29, 0.717) is 5.41 Å². The maximum atomic E-state index is 3.59. The molecule has 1 aliphatic carbocycles. The highest BCUT2D eigenvalue weighted by Crippen LogP contribution is 2.39. The molecule has 0 spiro atoms. The number of rotatable bonds is 3. The van der Waals surface area contributed by atoms with Crippen LogP contribution in [0.25, 0.3) is 0 Å². The molecule has 1 heterocycles. The van der Waals surface area contributed by atoms with E-state index < -0.39 is 0 Å². The van der Waals surface area contributed by atoms with Crippen molar-refractivity contribution in [3.05, 3.63) is 20.8 Å². The Bertz CT molecular complexity index is 311. The Kier molecular flexibility index (Phi) is 3.01. The van der Waals surface area contributed by atoms with Crippen LogP contribution in [0, 0.1) is 5.41 Å². The maximum Gasteiger partial charge on any atom is 0.0302 e. The predicted octanol–water partition coefficient (Wildman–Crippen LogP) is 3.79. The lowest BCUT2D eigenvalue weighted by molar-refractivity contribution is 0.125. The van der Waals surface area contributed by atoms with Crippen molar-refractivity contribution < 1.29 is 0 Å². The van der Waals surface area contributed by atoms with Crippen LogP contribution in [-0.2, 0) is 6.54 Å². The minimum absolute atomic E-state index is 0.577. The molecule has 0 atom stereocenters. The quantitative estimate of drug-likeness (QED) is 0.884. The summed E-state index contributed by atoms with van der Waals surface area (Å²) in [5.74, 6) is 0. The lowest BCUT2D eigenvalue weighted by Gasteiger charge is -2.43. The molecule has 0 bridgehead atoms. The first kappa shape index (κ1) is 10.7. The van der Waals surface area contributed by atoms with E-state index in [2.05, 4.69) is 46.5 Å². The van der Waals surface area contributed by atoms with Gasteiger partial charge in [-0.05, 0) is 40.3 Å². The molecular formula is C11H16BrNS. The Morgan fingerprint density at radius 3 is 2.79 bits per heavy atom. The summed E-state index contributed by atoms with van der Waals surface area (Å²) in [6.45, 7) is 5.71. The van der Waals surface area contributed by atoms with Crippen molar-refractivity contribution in [1.29, 1.82) is 0 Å². The van der Waals surface area contributed by atoms with Crippen molar-refractivity contribution in [2.75, 3.05) is 0 Å². The Hall–Kier alpha value is 0.140. The van der Waals surface area contributed by atoms with Gasteiger partial charge in [0.2, 0.25) is 0 Å². The third kappa shape index (κ3) is 2.59. The van der Waals surface area contributed by atoms with Crippen molar-refractivity contribution in [2.45, 2.75) is 39.3 Å². The Morgan fingerprint density at radius 1 is 1.57 bits per heavy atom. The Balaban J connectivity index is 1.74. The second-order valence-electron chi connectivity index (χ2n) is 4.88. The van der Waals surface area contributed by atoms with Gasteiger partial charge in [0.05, 0.1) is 0 Å². The summed E-state index contributed by atoms with van der Waals surface area (Å²) in [6, 6.07) is 2.94. The van der Waals surface area contributed by atoms with Crippen LogP contribution in [-0.4, -0.2) is 6.04 Å². The predicted molar refractivity (Wildman–Crippen MR) is 65.7 cm³/mol. The van der Waals surface area contributed by atoms with Crippen molar-refractivity contribution >= 4 is 27.3 Å². The lowest BCUT2D eigenvalue weighted by Crippen LogP contribution is -2.45. The molecule has 3 heteroatoms. The van der Waals surface area contributed by atoms with E-state index in [1.807, 2.05) is 11.3 Å². The Morgan fingerprint density at radius 2 is 2.29 bits per heavy atom. The summed E-state index contributed by atoms with van der Waals surface area (Å²) in [7, 11) is 0. The van der Waals surface area contributed by atoms with Crippen LogP contribution >= 0.6 is 27.3 Å². The molecular weight excluding hydrogens is 258 g/mol. The molecule has 0 saturated heterocycles. The monoisotopic (exact) mass is 273 g/mol. The van der Waals surface area contributed by atoms with Gasteiger partial charge in [0.25, 0.3) is 0 Å². The van der Waals surface area contributed by atoms with Crippen LogP contribution in [0.3, 0.4) is 0 Å². The third-order valence-electron chi connectivity index (χ3n) is 2.78. The number of thiophene rings is 1. The fourth-order valence-electron chi connectivity index (χ4n) is 2.11. The van der Waals surface area contributed by atoms with Crippen LogP contribution < -0.4 is 5.32 Å². The molecule has 1 aromatic rings. The molecule has 2 rings (SSSR count). The zero-order chi connectivity index (χ0) is 10.2. The molecule has 0 unspecified atom stereocenters. The maximum absolute atomic E-state index is 3.59. The molecule has 1 nitrogen and oxygen atoms in total. The molecule has 0 radical (unpaired) electrons. The van der Waals surface area contributed by atoms with E-state index in [9.17, 15) is 0 Å². The van der Waals surface area contributed by atoms with E-state index in [1.165, 1.54) is 22.2 Å². The zero-order valence-corrected chi connectivity index (χ0v) is 11.0. The second kappa shape index (κ2) is 3.95. The molecule has 0 aromatic carbocycles. The minimum Gasteiger partial charge on any atom is -0.309 e. The first-order chi connectivity index (χ1) is 6.55. The first-order valence-electron chi connectivity index (χ1n) is 5.01. The van der Waals surface area contributed by atoms with Crippen molar-refractivity contribution in [1.82, 2.24) is 5.32 Å². The lowest BCUT2D eigenvalue weighted by atomic mass is 9.68. The van der Waals surface area contributed by atoms with E-state index in [-0.39, 0.29) is 0 Å². The van der Waals surface area contributed by atoms with Gasteiger partial charge in [0, 0.05) is 27.3 Å². The average Bonchev–Trinajstić information content (AvgIpc) is 2.44. The third-order valence-corrected chi connectivity index (χ3v) is 4.48. The van der Waals surface area contributed by atoms with Gasteiger partial charge in [-0.3, -0.25) is 0 Å². The van der Waals surface area contributed by atoms with Crippen LogP contribution in [0.4, 0.5) is 0 Å². The number of hydrogen-bond acceptors (Lipinski definition) is 2. The molecule has 1 aliphatic rings. The van der Waals surface area contributed by atoms with E-state index in [4.69, 9.17) is 0 Å². The van der Waals surface area contributed by atoms with Gasteiger partial charge >= 0.3 is 0 Å². The van der Waals surface area contributed by atoms with Crippen LogP contribution in [0.5, 0.6) is 0 Å². The number of nitrogens with one attached hydrogen (secondary N) is 1. The summed E-state index contributed by atoms with van der Waals surface area (Å²) < 4.78 is 1.20. The van der Waals surface area contributed by atoms with Crippen LogP contribution in [0.2, 0.25) is 0 Å². The van der Waals surface area contributed by atoms with Gasteiger partial charge in [-0.2, -0.15) is 0 Å². The average molecular weight is 274 g/mol. The highest BCUT2D eigenvalue weighted by Gasteiger charge is 2.35. The molecule has 1 N–H and O–H groups in total. The molecule has 1 fully saturated rings. The van der Waals surface area contributed by atoms with Gasteiger partial charge in [0.1, 0.15) is 0 Å². The normalized spacial score (nSPS) is 20.8. The van der Waals surface area contributed by atoms with Gasteiger partial charge < -0.3 is 5.32 Å². The van der Waals surface area contributed by atoms with Gasteiger partial charge in [-0.25, -0.2) is 0 Å². The van der Waals surface area contributed by atoms with Crippen LogP contribution in [0.15, 0.2) is 15.9 Å². The zero-order valence-electron chi connectivity index (χ0n) is 8.64. The van der Waals surface area contributed by atoms with E-state index in [1.54, 1.807) is 0 Å². The summed E-state index contributed by atoms with van der Waals surface area (Å²) in [4.78, 5) is 1.42. The minimum atomic E-state index is 0.577. The number of hydrogen-bond donors (Lipinski definition) is 1. The van der Waals surface area contributed by atoms with Crippen molar-refractivity contribution in [3.63, 3.8) is 0 Å². The summed E-state index contributed by atoms with van der Waals surface area (Å²) >= 11 is 5.29. The van der Waals surface area contributed by atoms with Crippen LogP contribution in [0.1, 0.15) is 31.6 Å². The van der Waals surface area contributed by atoms with E-state index in [0.717, 1.165) is 12.6 Å². The van der Waals surface area contributed by atoms with Gasteiger partial charge in [0.15, 0.2) is 0 Å². The number of halogens is 1. The Labute approximate surface area is 98.0 Å². The molecule has 14 heavy (non-hydrogen) atoms. The van der Waals surface area contributed by atoms with Gasteiger partial charge in [-0.1, -0.05) is 13.8 Å². The fourth-order valence-corrected chi connectivity index (χ4v) is 3.51. The topological polar surface area (TPSA) is 12.0 Å². The highest BCUT2D eigenvalue weighted by molar-refractivity contribution is 9.10. The molecule has 78 valence electrons. The molecule has 1 saturated carbocycles. The summed E-state index contributed by atoms with van der Waals surface area (Å²) in [5, 5.41) is 5.73. The highest BCUT2D eigenvalue weighted by atomic mass is 79.9. The molecule has 1 aromatic heterocycles.